The smallest absolute Gasteiger partial charge is 0.236 e. The molecule has 9 heavy (non-hydrogen) atoms. The van der Waals surface area contributed by atoms with Crippen molar-refractivity contribution in [1.29, 1.82) is 0 Å². The van der Waals surface area contributed by atoms with Crippen LogP contribution in [-0.2, 0) is 4.79 Å². The Labute approximate surface area is 60.6 Å². The van der Waals surface area contributed by atoms with E-state index in [1.165, 1.54) is 5.01 Å². The maximum Gasteiger partial charge on any atom is 0.236 e. The highest BCUT2D eigenvalue weighted by molar-refractivity contribution is 5.85. The Hall–Kier alpha value is -0.280. The highest BCUT2D eigenvalue weighted by Gasteiger charge is 2.23. The van der Waals surface area contributed by atoms with Gasteiger partial charge in [0.15, 0.2) is 0 Å². The number of hydrogen-bond donors (Lipinski definition) is 1. The van der Waals surface area contributed by atoms with Gasteiger partial charge in [-0.05, 0) is 13.3 Å². The second-order valence-electron chi connectivity index (χ2n) is 2.19. The molecule has 1 fully saturated rings. The Morgan fingerprint density at radius 1 is 1.78 bits per heavy atom. The molecule has 1 saturated heterocycles. The second-order valence-corrected chi connectivity index (χ2v) is 2.19. The third-order valence-corrected chi connectivity index (χ3v) is 1.54. The van der Waals surface area contributed by atoms with E-state index in [4.69, 9.17) is 5.84 Å². The fourth-order valence-electron chi connectivity index (χ4n) is 0.846. The lowest BCUT2D eigenvalue weighted by Gasteiger charge is -2.12. The van der Waals surface area contributed by atoms with Crippen molar-refractivity contribution in [2.45, 2.75) is 25.8 Å². The number of hydrazine groups is 1. The van der Waals surface area contributed by atoms with Crippen molar-refractivity contribution in [3.05, 3.63) is 0 Å². The van der Waals surface area contributed by atoms with Gasteiger partial charge < -0.3 is 0 Å². The van der Waals surface area contributed by atoms with E-state index in [1.807, 2.05) is 6.92 Å². The first kappa shape index (κ1) is 8.72. The van der Waals surface area contributed by atoms with Crippen LogP contribution in [0.2, 0.25) is 0 Å². The van der Waals surface area contributed by atoms with Gasteiger partial charge in [-0.3, -0.25) is 9.80 Å². The molecule has 0 aliphatic carbocycles. The molecule has 1 aliphatic heterocycles. The van der Waals surface area contributed by atoms with Crippen molar-refractivity contribution in [2.24, 2.45) is 5.84 Å². The molecule has 0 saturated carbocycles. The zero-order chi connectivity index (χ0) is 6.15. The molecule has 0 bridgehead atoms. The van der Waals surface area contributed by atoms with Gasteiger partial charge in [0.1, 0.15) is 0 Å². The lowest BCUT2D eigenvalue weighted by Crippen LogP contribution is -2.37. The Bertz CT molecular complexity index is 118. The molecule has 3 nitrogen and oxygen atoms in total. The Kier molecular flexibility index (Phi) is 2.94. The number of nitrogens with zero attached hydrogens (tertiary/aromatic N) is 1. The van der Waals surface area contributed by atoms with E-state index >= 15 is 0 Å². The average Bonchev–Trinajstić information content (AvgIpc) is 1.98. The minimum Gasteiger partial charge on any atom is -0.278 e. The summed E-state index contributed by atoms with van der Waals surface area (Å²) in [7, 11) is 0. The van der Waals surface area contributed by atoms with Crippen molar-refractivity contribution < 1.29 is 4.79 Å². The minimum absolute atomic E-state index is 0. The zero-order valence-corrected chi connectivity index (χ0v) is 6.15. The third kappa shape index (κ3) is 1.56. The van der Waals surface area contributed by atoms with Crippen molar-refractivity contribution >= 4 is 18.3 Å². The molecule has 1 aliphatic rings. The number of halogens is 1. The van der Waals surface area contributed by atoms with Gasteiger partial charge in [-0.2, -0.15) is 0 Å². The van der Waals surface area contributed by atoms with E-state index in [-0.39, 0.29) is 24.4 Å². The highest BCUT2D eigenvalue weighted by atomic mass is 35.5. The number of carbonyl (C=O) groups is 1. The molecule has 1 heterocycles. The molecule has 1 amide bonds. The lowest BCUT2D eigenvalue weighted by molar-refractivity contribution is -0.128. The van der Waals surface area contributed by atoms with Gasteiger partial charge in [-0.25, -0.2) is 5.84 Å². The minimum atomic E-state index is 0. The van der Waals surface area contributed by atoms with E-state index in [0.29, 0.717) is 6.42 Å². The maximum absolute atomic E-state index is 10.6. The molecule has 0 radical (unpaired) electrons. The van der Waals surface area contributed by atoms with Crippen molar-refractivity contribution in [1.82, 2.24) is 5.01 Å². The fraction of sp³-hybridized carbons (Fsp3) is 0.800. The van der Waals surface area contributed by atoms with Gasteiger partial charge in [0.2, 0.25) is 5.91 Å². The molecule has 0 spiro atoms. The zero-order valence-electron chi connectivity index (χ0n) is 5.33. The summed E-state index contributed by atoms with van der Waals surface area (Å²) in [5.74, 6) is 5.37. The van der Waals surface area contributed by atoms with E-state index in [9.17, 15) is 4.79 Å². The van der Waals surface area contributed by atoms with E-state index in [0.717, 1.165) is 6.42 Å². The SMILES string of the molecule is CC1CCC(=O)N1N.Cl. The van der Waals surface area contributed by atoms with Crippen LogP contribution in [0, 0.1) is 0 Å². The van der Waals surface area contributed by atoms with Crippen molar-refractivity contribution in [3.8, 4) is 0 Å². The van der Waals surface area contributed by atoms with Gasteiger partial charge >= 0.3 is 0 Å². The number of hydrogen-bond acceptors (Lipinski definition) is 2. The van der Waals surface area contributed by atoms with Crippen LogP contribution in [0.4, 0.5) is 0 Å². The molecule has 1 atom stereocenters. The molecule has 2 N–H and O–H groups in total. The molecule has 0 aromatic heterocycles. The summed E-state index contributed by atoms with van der Waals surface area (Å²) >= 11 is 0. The maximum atomic E-state index is 10.6. The Balaban J connectivity index is 0.000000640. The molecular weight excluding hydrogens is 140 g/mol. The molecular formula is C5H11ClN2O. The summed E-state index contributed by atoms with van der Waals surface area (Å²) < 4.78 is 0. The first-order valence-corrected chi connectivity index (χ1v) is 2.78. The summed E-state index contributed by atoms with van der Waals surface area (Å²) in [6.45, 7) is 1.95. The lowest BCUT2D eigenvalue weighted by atomic mass is 10.3. The van der Waals surface area contributed by atoms with E-state index in [1.54, 1.807) is 0 Å². The molecule has 0 aromatic rings. The second kappa shape index (κ2) is 3.03. The molecule has 4 heteroatoms. The van der Waals surface area contributed by atoms with Crippen LogP contribution in [-0.4, -0.2) is 17.0 Å². The van der Waals surface area contributed by atoms with Crippen molar-refractivity contribution in [2.75, 3.05) is 0 Å². The van der Waals surface area contributed by atoms with Gasteiger partial charge in [0, 0.05) is 12.5 Å². The number of nitrogens with two attached hydrogens (primary N) is 1. The van der Waals surface area contributed by atoms with Crippen molar-refractivity contribution in [3.63, 3.8) is 0 Å². The quantitative estimate of drug-likeness (QED) is 0.399. The van der Waals surface area contributed by atoms with Crippen LogP contribution in [0.5, 0.6) is 0 Å². The normalized spacial score (nSPS) is 26.2. The van der Waals surface area contributed by atoms with Crippen LogP contribution in [0.3, 0.4) is 0 Å². The highest BCUT2D eigenvalue weighted by Crippen LogP contribution is 2.12. The Morgan fingerprint density at radius 3 is 2.44 bits per heavy atom. The third-order valence-electron chi connectivity index (χ3n) is 1.54. The standard InChI is InChI=1S/C5H10N2O.ClH/c1-4-2-3-5(8)7(4)6;/h4H,2-3,6H2,1H3;1H. The summed E-state index contributed by atoms with van der Waals surface area (Å²) in [5, 5.41) is 1.31. The van der Waals surface area contributed by atoms with Crippen LogP contribution >= 0.6 is 12.4 Å². The number of amides is 1. The van der Waals surface area contributed by atoms with Crippen LogP contribution in [0.1, 0.15) is 19.8 Å². The molecule has 54 valence electrons. The molecule has 1 unspecified atom stereocenters. The molecule has 1 rings (SSSR count). The Morgan fingerprint density at radius 2 is 2.33 bits per heavy atom. The van der Waals surface area contributed by atoms with Gasteiger partial charge in [0.05, 0.1) is 0 Å². The number of carbonyl (C=O) groups excluding carboxylic acids is 1. The predicted octanol–water partition coefficient (Wildman–Crippen LogP) is 0.293. The topological polar surface area (TPSA) is 46.3 Å². The van der Waals surface area contributed by atoms with Gasteiger partial charge in [-0.1, -0.05) is 0 Å². The van der Waals surface area contributed by atoms with Gasteiger partial charge in [-0.15, -0.1) is 12.4 Å². The summed E-state index contributed by atoms with van der Waals surface area (Å²) in [6, 6.07) is 0.252. The van der Waals surface area contributed by atoms with E-state index in [2.05, 4.69) is 0 Å². The average molecular weight is 151 g/mol. The molecule has 0 aromatic carbocycles. The summed E-state index contributed by atoms with van der Waals surface area (Å²) in [6.07, 6.45) is 1.53. The largest absolute Gasteiger partial charge is 0.278 e. The fourth-order valence-corrected chi connectivity index (χ4v) is 0.846. The first-order valence-electron chi connectivity index (χ1n) is 2.78. The summed E-state index contributed by atoms with van der Waals surface area (Å²) in [4.78, 5) is 10.6. The summed E-state index contributed by atoms with van der Waals surface area (Å²) in [5.41, 5.74) is 0. The van der Waals surface area contributed by atoms with Crippen LogP contribution < -0.4 is 5.84 Å². The van der Waals surface area contributed by atoms with Crippen LogP contribution in [0.15, 0.2) is 0 Å². The van der Waals surface area contributed by atoms with E-state index < -0.39 is 0 Å². The monoisotopic (exact) mass is 150 g/mol. The first-order chi connectivity index (χ1) is 3.72. The van der Waals surface area contributed by atoms with Crippen LogP contribution in [0.25, 0.3) is 0 Å². The predicted molar refractivity (Wildman–Crippen MR) is 37.0 cm³/mol. The number of rotatable bonds is 0. The van der Waals surface area contributed by atoms with Gasteiger partial charge in [0.25, 0.3) is 0 Å².